The van der Waals surface area contributed by atoms with Gasteiger partial charge in [0.25, 0.3) is 0 Å². The van der Waals surface area contributed by atoms with Crippen molar-refractivity contribution in [3.05, 3.63) is 0 Å². The molecule has 1 rings (SSSR count). The molecule has 3 nitrogen and oxygen atoms in total. The van der Waals surface area contributed by atoms with Crippen LogP contribution in [0.5, 0.6) is 0 Å². The van der Waals surface area contributed by atoms with Crippen molar-refractivity contribution in [1.82, 2.24) is 10.2 Å². The fourth-order valence-corrected chi connectivity index (χ4v) is 1.43. The van der Waals surface area contributed by atoms with Gasteiger partial charge in [0.05, 0.1) is 12.7 Å². The predicted molar refractivity (Wildman–Crippen MR) is 59.6 cm³/mol. The third-order valence-corrected chi connectivity index (χ3v) is 2.66. The van der Waals surface area contributed by atoms with Crippen molar-refractivity contribution in [3.8, 4) is 0 Å². The van der Waals surface area contributed by atoms with E-state index in [9.17, 15) is 0 Å². The second-order valence-electron chi connectivity index (χ2n) is 3.85. The van der Waals surface area contributed by atoms with Gasteiger partial charge in [-0.15, -0.1) is 0 Å². The van der Waals surface area contributed by atoms with E-state index in [0.717, 1.165) is 39.3 Å². The summed E-state index contributed by atoms with van der Waals surface area (Å²) < 4.78 is 5.54. The minimum Gasteiger partial charge on any atom is -0.377 e. The monoisotopic (exact) mass is 200 g/mol. The number of hydrogen-bond donors (Lipinski definition) is 1. The van der Waals surface area contributed by atoms with E-state index in [-0.39, 0.29) is 0 Å². The van der Waals surface area contributed by atoms with Crippen molar-refractivity contribution >= 4 is 0 Å². The molecule has 0 aromatic rings. The summed E-state index contributed by atoms with van der Waals surface area (Å²) in [6, 6.07) is 0. The molecule has 3 heteroatoms. The smallest absolute Gasteiger partial charge is 0.0594 e. The van der Waals surface area contributed by atoms with Gasteiger partial charge in [0.1, 0.15) is 0 Å². The van der Waals surface area contributed by atoms with Crippen molar-refractivity contribution in [1.29, 1.82) is 0 Å². The molecule has 84 valence electrons. The van der Waals surface area contributed by atoms with Gasteiger partial charge >= 0.3 is 0 Å². The Hall–Kier alpha value is -0.120. The number of nitrogens with one attached hydrogen (secondary N) is 1. The highest BCUT2D eigenvalue weighted by atomic mass is 16.5. The van der Waals surface area contributed by atoms with Gasteiger partial charge in [-0.25, -0.2) is 0 Å². The van der Waals surface area contributed by atoms with Crippen LogP contribution in [0.4, 0.5) is 0 Å². The molecule has 0 amide bonds. The summed E-state index contributed by atoms with van der Waals surface area (Å²) in [5.74, 6) is 0. The van der Waals surface area contributed by atoms with Crippen LogP contribution in [0.15, 0.2) is 0 Å². The van der Waals surface area contributed by atoms with Crippen LogP contribution in [0, 0.1) is 0 Å². The van der Waals surface area contributed by atoms with E-state index >= 15 is 0 Å². The first kappa shape index (κ1) is 12.0. The molecule has 0 radical (unpaired) electrons. The fourth-order valence-electron chi connectivity index (χ4n) is 1.43. The average molecular weight is 200 g/mol. The van der Waals surface area contributed by atoms with Crippen molar-refractivity contribution in [2.24, 2.45) is 0 Å². The molecular formula is C11H24N2O. The highest BCUT2D eigenvalue weighted by molar-refractivity contribution is 4.73. The lowest BCUT2D eigenvalue weighted by molar-refractivity contribution is 0.121. The number of nitrogens with zero attached hydrogens (tertiary/aromatic N) is 1. The summed E-state index contributed by atoms with van der Waals surface area (Å²) in [6.45, 7) is 10.8. The van der Waals surface area contributed by atoms with E-state index < -0.39 is 0 Å². The van der Waals surface area contributed by atoms with E-state index in [1.807, 2.05) is 0 Å². The molecule has 0 heterocycles. The zero-order valence-electron chi connectivity index (χ0n) is 9.59. The van der Waals surface area contributed by atoms with Crippen molar-refractivity contribution in [3.63, 3.8) is 0 Å². The Morgan fingerprint density at radius 2 is 1.93 bits per heavy atom. The summed E-state index contributed by atoms with van der Waals surface area (Å²) in [5, 5.41) is 3.40. The Balaban J connectivity index is 1.78. The molecule has 0 unspecified atom stereocenters. The number of likely N-dealkylation sites (N-methyl/N-ethyl adjacent to an activating group) is 1. The quantitative estimate of drug-likeness (QED) is 0.564. The van der Waals surface area contributed by atoms with E-state index in [1.165, 1.54) is 12.8 Å². The van der Waals surface area contributed by atoms with Gasteiger partial charge in [-0.1, -0.05) is 13.8 Å². The minimum atomic E-state index is 0.597. The Morgan fingerprint density at radius 1 is 1.21 bits per heavy atom. The molecule has 1 aliphatic rings. The van der Waals surface area contributed by atoms with Crippen LogP contribution < -0.4 is 5.32 Å². The first-order valence-electron chi connectivity index (χ1n) is 5.91. The summed E-state index contributed by atoms with van der Waals surface area (Å²) >= 11 is 0. The third kappa shape index (κ3) is 5.58. The van der Waals surface area contributed by atoms with Gasteiger partial charge in [-0.3, -0.25) is 0 Å². The normalized spacial score (nSPS) is 16.5. The largest absolute Gasteiger partial charge is 0.377 e. The molecule has 1 N–H and O–H groups in total. The number of hydrogen-bond acceptors (Lipinski definition) is 3. The third-order valence-electron chi connectivity index (χ3n) is 2.66. The lowest BCUT2D eigenvalue weighted by Gasteiger charge is -2.17. The Kier molecular flexibility index (Phi) is 6.15. The minimum absolute atomic E-state index is 0.597. The molecule has 0 aliphatic heterocycles. The molecule has 1 fully saturated rings. The standard InChI is InChI=1S/C11H24N2O/c1-3-13(4-2)9-7-12-8-10-14-11-5-6-11/h11-12H,3-10H2,1-2H3. The highest BCUT2D eigenvalue weighted by Crippen LogP contribution is 2.22. The molecule has 1 saturated carbocycles. The molecular weight excluding hydrogens is 176 g/mol. The molecule has 14 heavy (non-hydrogen) atoms. The van der Waals surface area contributed by atoms with Crippen LogP contribution in [0.25, 0.3) is 0 Å². The summed E-state index contributed by atoms with van der Waals surface area (Å²) in [6.07, 6.45) is 3.15. The topological polar surface area (TPSA) is 24.5 Å². The van der Waals surface area contributed by atoms with Crippen molar-refractivity contribution < 1.29 is 4.74 Å². The fraction of sp³-hybridized carbons (Fsp3) is 1.00. The first-order chi connectivity index (χ1) is 6.86. The van der Waals surface area contributed by atoms with Gasteiger partial charge < -0.3 is 15.0 Å². The molecule has 0 atom stereocenters. The summed E-state index contributed by atoms with van der Waals surface area (Å²) in [7, 11) is 0. The average Bonchev–Trinajstić information content (AvgIpc) is 3.01. The Labute approximate surface area is 87.8 Å². The zero-order chi connectivity index (χ0) is 10.2. The van der Waals surface area contributed by atoms with Crippen molar-refractivity contribution in [2.75, 3.05) is 39.3 Å². The Morgan fingerprint density at radius 3 is 2.50 bits per heavy atom. The zero-order valence-corrected chi connectivity index (χ0v) is 9.59. The summed E-state index contributed by atoms with van der Waals surface area (Å²) in [4.78, 5) is 2.43. The van der Waals surface area contributed by atoms with Crippen LogP contribution in [-0.2, 0) is 4.74 Å². The number of rotatable bonds is 9. The maximum atomic E-state index is 5.54. The van der Waals surface area contributed by atoms with E-state index in [0.29, 0.717) is 6.10 Å². The summed E-state index contributed by atoms with van der Waals surface area (Å²) in [5.41, 5.74) is 0. The lowest BCUT2D eigenvalue weighted by atomic mass is 10.4. The molecule has 1 aliphatic carbocycles. The maximum absolute atomic E-state index is 5.54. The van der Waals surface area contributed by atoms with Crippen LogP contribution in [0.1, 0.15) is 26.7 Å². The predicted octanol–water partition coefficient (Wildman–Crippen LogP) is 1.10. The van der Waals surface area contributed by atoms with E-state index in [2.05, 4.69) is 24.1 Å². The second kappa shape index (κ2) is 7.21. The molecule has 0 bridgehead atoms. The van der Waals surface area contributed by atoms with Gasteiger partial charge in [-0.2, -0.15) is 0 Å². The molecule has 0 spiro atoms. The lowest BCUT2D eigenvalue weighted by Crippen LogP contribution is -2.33. The van der Waals surface area contributed by atoms with Gasteiger partial charge in [0.2, 0.25) is 0 Å². The van der Waals surface area contributed by atoms with E-state index in [4.69, 9.17) is 4.74 Å². The van der Waals surface area contributed by atoms with Crippen LogP contribution in [-0.4, -0.2) is 50.3 Å². The second-order valence-corrected chi connectivity index (χ2v) is 3.85. The SMILES string of the molecule is CCN(CC)CCNCCOC1CC1. The van der Waals surface area contributed by atoms with Crippen LogP contribution in [0.2, 0.25) is 0 Å². The molecule has 0 aromatic carbocycles. The molecule has 0 aromatic heterocycles. The van der Waals surface area contributed by atoms with Gasteiger partial charge in [0, 0.05) is 19.6 Å². The van der Waals surface area contributed by atoms with Gasteiger partial charge in [0.15, 0.2) is 0 Å². The first-order valence-corrected chi connectivity index (χ1v) is 5.91. The highest BCUT2D eigenvalue weighted by Gasteiger charge is 2.21. The Bertz CT molecular complexity index is 133. The maximum Gasteiger partial charge on any atom is 0.0594 e. The molecule has 0 saturated heterocycles. The van der Waals surface area contributed by atoms with Crippen LogP contribution in [0.3, 0.4) is 0 Å². The van der Waals surface area contributed by atoms with E-state index in [1.54, 1.807) is 0 Å². The number of ether oxygens (including phenoxy) is 1. The van der Waals surface area contributed by atoms with Crippen molar-refractivity contribution in [2.45, 2.75) is 32.8 Å². The van der Waals surface area contributed by atoms with Gasteiger partial charge in [-0.05, 0) is 25.9 Å². The van der Waals surface area contributed by atoms with Crippen LogP contribution >= 0.6 is 0 Å².